The van der Waals surface area contributed by atoms with Crippen LogP contribution in [-0.4, -0.2) is 22.5 Å². The molecule has 0 saturated heterocycles. The number of aliphatic hydroxyl groups excluding tert-OH is 1. The van der Waals surface area contributed by atoms with E-state index in [9.17, 15) is 5.11 Å². The number of aliphatic hydroxyl groups is 1. The minimum Gasteiger partial charge on any atom is -0.388 e. The molecule has 0 aliphatic rings. The van der Waals surface area contributed by atoms with Crippen LogP contribution in [-0.2, 0) is 6.42 Å². The quantitative estimate of drug-likeness (QED) is 0.300. The molecule has 1 atom stereocenters. The van der Waals surface area contributed by atoms with E-state index in [0.717, 1.165) is 33.8 Å². The number of fused-ring (bicyclic) bond motifs is 3. The van der Waals surface area contributed by atoms with Gasteiger partial charge in [-0.25, -0.2) is 0 Å². The summed E-state index contributed by atoms with van der Waals surface area (Å²) in [7, 11) is 0. The molecule has 3 N–H and O–H groups in total. The van der Waals surface area contributed by atoms with Crippen molar-refractivity contribution in [3.63, 3.8) is 0 Å². The Morgan fingerprint density at radius 3 is 2.43 bits per heavy atom. The first-order chi connectivity index (χ1) is 13.7. The smallest absolute Gasteiger partial charge is 0.0966 e. The van der Waals surface area contributed by atoms with Crippen LogP contribution in [0.1, 0.15) is 23.8 Å². The molecule has 0 spiro atoms. The van der Waals surface area contributed by atoms with Gasteiger partial charge in [-0.05, 0) is 45.3 Å². The lowest BCUT2D eigenvalue weighted by atomic mass is 9.93. The highest BCUT2D eigenvalue weighted by Gasteiger charge is 2.15. The number of nitrogens with two attached hydrogens (primary N) is 1. The lowest BCUT2D eigenvalue weighted by Crippen LogP contribution is -2.17. The molecule has 4 heteroatoms. The zero-order chi connectivity index (χ0) is 19.3. The number of pyridine rings is 1. The van der Waals surface area contributed by atoms with Crippen LogP contribution in [0.4, 0.5) is 0 Å². The van der Waals surface area contributed by atoms with E-state index in [0.29, 0.717) is 18.8 Å². The van der Waals surface area contributed by atoms with E-state index in [1.54, 1.807) is 6.20 Å². The van der Waals surface area contributed by atoms with Crippen molar-refractivity contribution in [2.75, 3.05) is 6.54 Å². The van der Waals surface area contributed by atoms with E-state index in [1.165, 1.54) is 5.39 Å². The van der Waals surface area contributed by atoms with Crippen LogP contribution < -0.4 is 5.73 Å². The van der Waals surface area contributed by atoms with Crippen molar-refractivity contribution in [1.82, 2.24) is 4.98 Å². The molecule has 0 aliphatic carbocycles. The maximum atomic E-state index is 10.9. The Kier molecular flexibility index (Phi) is 5.31. The summed E-state index contributed by atoms with van der Waals surface area (Å²) in [6.45, 7) is 0.564. The van der Waals surface area contributed by atoms with Crippen LogP contribution in [0.15, 0.2) is 84.0 Å². The van der Waals surface area contributed by atoms with Gasteiger partial charge >= 0.3 is 0 Å². The van der Waals surface area contributed by atoms with Crippen molar-refractivity contribution in [1.29, 1.82) is 0 Å². The van der Waals surface area contributed by atoms with E-state index in [-0.39, 0.29) is 0 Å². The van der Waals surface area contributed by atoms with Gasteiger partial charge in [-0.3, -0.25) is 9.98 Å². The minimum atomic E-state index is -0.701. The van der Waals surface area contributed by atoms with Gasteiger partial charge in [0.2, 0.25) is 0 Å². The molecule has 0 saturated carbocycles. The van der Waals surface area contributed by atoms with Gasteiger partial charge in [0, 0.05) is 31.3 Å². The number of aromatic nitrogens is 1. The van der Waals surface area contributed by atoms with Crippen molar-refractivity contribution < 1.29 is 5.11 Å². The first kappa shape index (κ1) is 18.1. The topological polar surface area (TPSA) is 71.5 Å². The number of amidine groups is 1. The third-order valence-corrected chi connectivity index (χ3v) is 4.97. The fourth-order valence-electron chi connectivity index (χ4n) is 3.59. The van der Waals surface area contributed by atoms with Crippen molar-refractivity contribution in [3.8, 4) is 0 Å². The van der Waals surface area contributed by atoms with E-state index in [2.05, 4.69) is 40.3 Å². The molecular formula is C24H23N3O. The fourth-order valence-corrected chi connectivity index (χ4v) is 3.59. The molecule has 3 aromatic carbocycles. The Morgan fingerprint density at radius 1 is 0.929 bits per heavy atom. The third-order valence-electron chi connectivity index (χ3n) is 4.97. The Bertz CT molecular complexity index is 1120. The van der Waals surface area contributed by atoms with E-state index in [1.807, 2.05) is 42.5 Å². The summed E-state index contributed by atoms with van der Waals surface area (Å²) in [6, 6.07) is 24.3. The highest BCUT2D eigenvalue weighted by molar-refractivity contribution is 6.09. The molecule has 0 amide bonds. The Balaban J connectivity index is 1.56. The summed E-state index contributed by atoms with van der Waals surface area (Å²) in [5, 5.41) is 15.4. The largest absolute Gasteiger partial charge is 0.388 e. The summed E-state index contributed by atoms with van der Waals surface area (Å²) in [6.07, 6.45) is 2.12. The number of rotatable bonds is 6. The molecule has 1 unspecified atom stereocenters. The summed E-state index contributed by atoms with van der Waals surface area (Å²) in [5.41, 5.74) is 7.97. The molecule has 4 nitrogen and oxygen atoms in total. The first-order valence-electron chi connectivity index (χ1n) is 9.49. The highest BCUT2D eigenvalue weighted by atomic mass is 16.3. The molecule has 0 radical (unpaired) electrons. The van der Waals surface area contributed by atoms with Crippen LogP contribution in [0, 0.1) is 0 Å². The maximum absolute atomic E-state index is 10.9. The van der Waals surface area contributed by atoms with Crippen LogP contribution in [0.3, 0.4) is 0 Å². The van der Waals surface area contributed by atoms with E-state index < -0.39 is 6.10 Å². The standard InChI is InChI=1S/C24H23N3O/c25-24(27-14-12-18-8-5-6-13-26-18)16-23(28)22-15-17-7-1-2-9-19(17)20-10-3-4-11-21(20)22/h1-11,13,15,23,28H,12,14,16H2,(H2,25,27). The molecule has 4 aromatic rings. The fraction of sp³-hybridized carbons (Fsp3) is 0.167. The van der Waals surface area contributed by atoms with Crippen LogP contribution in [0.5, 0.6) is 0 Å². The second-order valence-electron chi connectivity index (χ2n) is 6.90. The van der Waals surface area contributed by atoms with Gasteiger partial charge in [0.25, 0.3) is 0 Å². The SMILES string of the molecule is NC(CC(O)c1cc2ccccc2c2ccccc12)=NCCc1ccccn1. The number of hydrogen-bond donors (Lipinski definition) is 2. The molecule has 0 bridgehead atoms. The molecule has 0 fully saturated rings. The van der Waals surface area contributed by atoms with Gasteiger partial charge in [-0.1, -0.05) is 54.6 Å². The van der Waals surface area contributed by atoms with Crippen molar-refractivity contribution in [3.05, 3.63) is 90.3 Å². The molecule has 28 heavy (non-hydrogen) atoms. The molecular weight excluding hydrogens is 346 g/mol. The number of nitrogens with zero attached hydrogens (tertiary/aromatic N) is 2. The van der Waals surface area contributed by atoms with Gasteiger partial charge in [0.1, 0.15) is 0 Å². The second-order valence-corrected chi connectivity index (χ2v) is 6.90. The first-order valence-corrected chi connectivity index (χ1v) is 9.49. The van der Waals surface area contributed by atoms with Crippen LogP contribution >= 0.6 is 0 Å². The average Bonchev–Trinajstić information content (AvgIpc) is 2.74. The predicted octanol–water partition coefficient (Wildman–Crippen LogP) is 4.41. The van der Waals surface area contributed by atoms with Crippen LogP contribution in [0.2, 0.25) is 0 Å². The van der Waals surface area contributed by atoms with E-state index >= 15 is 0 Å². The van der Waals surface area contributed by atoms with Gasteiger partial charge in [-0.15, -0.1) is 0 Å². The monoisotopic (exact) mass is 369 g/mol. The maximum Gasteiger partial charge on any atom is 0.0966 e. The van der Waals surface area contributed by atoms with Crippen LogP contribution in [0.25, 0.3) is 21.5 Å². The van der Waals surface area contributed by atoms with E-state index in [4.69, 9.17) is 5.73 Å². The summed E-state index contributed by atoms with van der Waals surface area (Å²) >= 11 is 0. The summed E-state index contributed by atoms with van der Waals surface area (Å²) in [4.78, 5) is 8.71. The number of aliphatic imine (C=N–C) groups is 1. The van der Waals surface area contributed by atoms with Crippen molar-refractivity contribution >= 4 is 27.4 Å². The van der Waals surface area contributed by atoms with Gasteiger partial charge in [0.15, 0.2) is 0 Å². The minimum absolute atomic E-state index is 0.310. The lowest BCUT2D eigenvalue weighted by molar-refractivity contribution is 0.187. The molecule has 0 aliphatic heterocycles. The molecule has 1 aromatic heterocycles. The Hall–Kier alpha value is -3.24. The van der Waals surface area contributed by atoms with Gasteiger partial charge in [0.05, 0.1) is 11.9 Å². The zero-order valence-electron chi connectivity index (χ0n) is 15.6. The number of hydrogen-bond acceptors (Lipinski definition) is 3. The van der Waals surface area contributed by atoms with Gasteiger partial charge < -0.3 is 10.8 Å². The van der Waals surface area contributed by atoms with Crippen molar-refractivity contribution in [2.45, 2.75) is 18.9 Å². The number of benzene rings is 3. The zero-order valence-corrected chi connectivity index (χ0v) is 15.6. The Labute approximate surface area is 164 Å². The lowest BCUT2D eigenvalue weighted by Gasteiger charge is -2.16. The highest BCUT2D eigenvalue weighted by Crippen LogP contribution is 2.32. The molecule has 4 rings (SSSR count). The summed E-state index contributed by atoms with van der Waals surface area (Å²) < 4.78 is 0. The molecule has 140 valence electrons. The summed E-state index contributed by atoms with van der Waals surface area (Å²) in [5.74, 6) is 0.459. The Morgan fingerprint density at radius 2 is 1.64 bits per heavy atom. The average molecular weight is 369 g/mol. The normalized spacial score (nSPS) is 13.1. The van der Waals surface area contributed by atoms with Crippen molar-refractivity contribution in [2.24, 2.45) is 10.7 Å². The second kappa shape index (κ2) is 8.19. The third kappa shape index (κ3) is 3.87. The predicted molar refractivity (Wildman–Crippen MR) is 115 cm³/mol. The molecule has 1 heterocycles. The van der Waals surface area contributed by atoms with Gasteiger partial charge in [-0.2, -0.15) is 0 Å².